The summed E-state index contributed by atoms with van der Waals surface area (Å²) in [6.07, 6.45) is 5.92. The van der Waals surface area contributed by atoms with Crippen molar-refractivity contribution in [1.29, 1.82) is 0 Å². The van der Waals surface area contributed by atoms with Crippen LogP contribution in [0.15, 0.2) is 23.2 Å². The predicted molar refractivity (Wildman–Crippen MR) is 112 cm³/mol. The number of aliphatic imine (C=N–C) groups is 1. The van der Waals surface area contributed by atoms with E-state index in [1.54, 1.807) is 21.3 Å². The quantitative estimate of drug-likeness (QED) is 0.248. The number of methoxy groups -OCH3 is 2. The minimum atomic E-state index is 0. The molecule has 0 atom stereocenters. The van der Waals surface area contributed by atoms with E-state index in [0.29, 0.717) is 0 Å². The highest BCUT2D eigenvalue weighted by Crippen LogP contribution is 2.27. The van der Waals surface area contributed by atoms with E-state index in [2.05, 4.69) is 28.6 Å². The van der Waals surface area contributed by atoms with E-state index in [-0.39, 0.29) is 24.0 Å². The van der Waals surface area contributed by atoms with Gasteiger partial charge in [-0.3, -0.25) is 4.99 Å². The van der Waals surface area contributed by atoms with E-state index >= 15 is 0 Å². The van der Waals surface area contributed by atoms with Gasteiger partial charge >= 0.3 is 0 Å². The third-order valence-electron chi connectivity index (χ3n) is 3.70. The maximum Gasteiger partial charge on any atom is 0.190 e. The van der Waals surface area contributed by atoms with Crippen LogP contribution in [0.25, 0.3) is 0 Å². The standard InChI is InChI=1S/C18H31N3O2.HI/c1-5-6-7-8-12-20-18(19-2)21-13-11-15-9-10-16(22-3)17(14-15)23-4;/h9-10,14H,5-8,11-13H2,1-4H3,(H2,19,20,21);1H. The van der Waals surface area contributed by atoms with E-state index in [4.69, 9.17) is 9.47 Å². The maximum absolute atomic E-state index is 5.33. The predicted octanol–water partition coefficient (Wildman–Crippen LogP) is 3.61. The molecule has 1 aromatic rings. The van der Waals surface area contributed by atoms with Crippen molar-refractivity contribution < 1.29 is 9.47 Å². The minimum Gasteiger partial charge on any atom is -0.493 e. The Labute approximate surface area is 163 Å². The first-order chi connectivity index (χ1) is 11.2. The molecule has 0 radical (unpaired) electrons. The number of hydrogen-bond acceptors (Lipinski definition) is 3. The molecule has 1 rings (SSSR count). The third-order valence-corrected chi connectivity index (χ3v) is 3.70. The van der Waals surface area contributed by atoms with Crippen LogP contribution in [0.1, 0.15) is 38.2 Å². The molecule has 0 aliphatic carbocycles. The average molecular weight is 449 g/mol. The Kier molecular flexibility index (Phi) is 13.5. The molecule has 138 valence electrons. The van der Waals surface area contributed by atoms with Crippen LogP contribution in [0.3, 0.4) is 0 Å². The van der Waals surface area contributed by atoms with Crippen molar-refractivity contribution in [3.05, 3.63) is 23.8 Å². The van der Waals surface area contributed by atoms with Crippen molar-refractivity contribution in [2.75, 3.05) is 34.4 Å². The Morgan fingerprint density at radius 3 is 2.33 bits per heavy atom. The summed E-state index contributed by atoms with van der Waals surface area (Å²) in [6, 6.07) is 6.01. The molecular formula is C18H32IN3O2. The van der Waals surface area contributed by atoms with Crippen molar-refractivity contribution in [2.24, 2.45) is 4.99 Å². The molecule has 1 aromatic carbocycles. The third kappa shape index (κ3) is 8.61. The summed E-state index contributed by atoms with van der Waals surface area (Å²) in [5, 5.41) is 6.69. The lowest BCUT2D eigenvalue weighted by molar-refractivity contribution is 0.354. The Bertz CT molecular complexity index is 481. The van der Waals surface area contributed by atoms with Crippen molar-refractivity contribution in [3.63, 3.8) is 0 Å². The van der Waals surface area contributed by atoms with Gasteiger partial charge in [-0.25, -0.2) is 0 Å². The summed E-state index contributed by atoms with van der Waals surface area (Å²) in [5.41, 5.74) is 1.20. The molecule has 0 bridgehead atoms. The van der Waals surface area contributed by atoms with E-state index in [9.17, 15) is 0 Å². The van der Waals surface area contributed by atoms with Crippen LogP contribution in [-0.4, -0.2) is 40.3 Å². The smallest absolute Gasteiger partial charge is 0.190 e. The Balaban J connectivity index is 0.00000529. The highest BCUT2D eigenvalue weighted by atomic mass is 127. The Morgan fingerprint density at radius 2 is 1.71 bits per heavy atom. The zero-order valence-electron chi connectivity index (χ0n) is 15.4. The molecule has 0 aromatic heterocycles. The van der Waals surface area contributed by atoms with Crippen molar-refractivity contribution in [3.8, 4) is 11.5 Å². The number of hydrogen-bond donors (Lipinski definition) is 2. The largest absolute Gasteiger partial charge is 0.493 e. The van der Waals surface area contributed by atoms with Gasteiger partial charge in [-0.2, -0.15) is 0 Å². The van der Waals surface area contributed by atoms with Crippen LogP contribution < -0.4 is 20.1 Å². The average Bonchev–Trinajstić information content (AvgIpc) is 2.59. The molecule has 2 N–H and O–H groups in total. The topological polar surface area (TPSA) is 54.9 Å². The Hall–Kier alpha value is -1.18. The lowest BCUT2D eigenvalue weighted by Crippen LogP contribution is -2.38. The molecule has 0 heterocycles. The summed E-state index contributed by atoms with van der Waals surface area (Å²) in [7, 11) is 5.11. The number of ether oxygens (including phenoxy) is 2. The highest BCUT2D eigenvalue weighted by Gasteiger charge is 2.04. The molecule has 0 unspecified atom stereocenters. The fourth-order valence-corrected chi connectivity index (χ4v) is 2.34. The summed E-state index contributed by atoms with van der Waals surface area (Å²) < 4.78 is 10.6. The van der Waals surface area contributed by atoms with Gasteiger partial charge in [-0.1, -0.05) is 32.3 Å². The van der Waals surface area contributed by atoms with Gasteiger partial charge in [-0.05, 0) is 30.5 Å². The number of halogens is 1. The van der Waals surface area contributed by atoms with Crippen molar-refractivity contribution in [1.82, 2.24) is 10.6 Å². The molecule has 24 heavy (non-hydrogen) atoms. The van der Waals surface area contributed by atoms with Gasteiger partial charge in [0.15, 0.2) is 17.5 Å². The van der Waals surface area contributed by atoms with Crippen LogP contribution in [0.4, 0.5) is 0 Å². The van der Waals surface area contributed by atoms with Gasteiger partial charge < -0.3 is 20.1 Å². The highest BCUT2D eigenvalue weighted by molar-refractivity contribution is 14.0. The maximum atomic E-state index is 5.33. The molecule has 0 aliphatic heterocycles. The summed E-state index contributed by atoms with van der Waals surface area (Å²) in [5.74, 6) is 2.39. The van der Waals surface area contributed by atoms with E-state index in [0.717, 1.165) is 37.0 Å². The molecule has 0 spiro atoms. The second-order valence-electron chi connectivity index (χ2n) is 5.43. The first-order valence-corrected chi connectivity index (χ1v) is 8.40. The van der Waals surface area contributed by atoms with Gasteiger partial charge in [-0.15, -0.1) is 24.0 Å². The van der Waals surface area contributed by atoms with E-state index in [1.807, 2.05) is 12.1 Å². The zero-order chi connectivity index (χ0) is 16.9. The summed E-state index contributed by atoms with van der Waals surface area (Å²) in [4.78, 5) is 4.25. The number of nitrogens with one attached hydrogen (secondary N) is 2. The number of rotatable bonds is 10. The lowest BCUT2D eigenvalue weighted by atomic mass is 10.1. The lowest BCUT2D eigenvalue weighted by Gasteiger charge is -2.13. The van der Waals surface area contributed by atoms with Crippen LogP contribution in [0, 0.1) is 0 Å². The van der Waals surface area contributed by atoms with Crippen LogP contribution in [0.5, 0.6) is 11.5 Å². The Morgan fingerprint density at radius 1 is 1.00 bits per heavy atom. The molecule has 0 saturated heterocycles. The van der Waals surface area contributed by atoms with Crippen LogP contribution in [-0.2, 0) is 6.42 Å². The van der Waals surface area contributed by atoms with Crippen LogP contribution >= 0.6 is 24.0 Å². The van der Waals surface area contributed by atoms with Crippen molar-refractivity contribution >= 4 is 29.9 Å². The van der Waals surface area contributed by atoms with Gasteiger partial charge in [0.05, 0.1) is 14.2 Å². The van der Waals surface area contributed by atoms with Gasteiger partial charge in [0.2, 0.25) is 0 Å². The minimum absolute atomic E-state index is 0. The summed E-state index contributed by atoms with van der Waals surface area (Å²) >= 11 is 0. The second kappa shape index (κ2) is 14.2. The van der Waals surface area contributed by atoms with Crippen molar-refractivity contribution in [2.45, 2.75) is 39.0 Å². The molecule has 0 saturated carbocycles. The monoisotopic (exact) mass is 449 g/mol. The molecule has 5 nitrogen and oxygen atoms in total. The number of benzene rings is 1. The first kappa shape index (κ1) is 22.8. The van der Waals surface area contributed by atoms with Gasteiger partial charge in [0.25, 0.3) is 0 Å². The molecular weight excluding hydrogens is 417 g/mol. The van der Waals surface area contributed by atoms with Gasteiger partial charge in [0, 0.05) is 20.1 Å². The molecule has 0 amide bonds. The number of nitrogens with zero attached hydrogens (tertiary/aromatic N) is 1. The molecule has 0 aliphatic rings. The fourth-order valence-electron chi connectivity index (χ4n) is 2.34. The first-order valence-electron chi connectivity index (χ1n) is 8.40. The zero-order valence-corrected chi connectivity index (χ0v) is 17.7. The number of guanidine groups is 1. The number of unbranched alkanes of at least 4 members (excludes halogenated alkanes) is 3. The van der Waals surface area contributed by atoms with E-state index in [1.165, 1.54) is 31.2 Å². The van der Waals surface area contributed by atoms with Crippen LogP contribution in [0.2, 0.25) is 0 Å². The second-order valence-corrected chi connectivity index (χ2v) is 5.43. The van der Waals surface area contributed by atoms with Gasteiger partial charge in [0.1, 0.15) is 0 Å². The normalized spacial score (nSPS) is 10.8. The fraction of sp³-hybridized carbons (Fsp3) is 0.611. The summed E-state index contributed by atoms with van der Waals surface area (Å²) in [6.45, 7) is 4.02. The SMILES string of the molecule is CCCCCCNC(=NC)NCCc1ccc(OC)c(OC)c1.I. The van der Waals surface area contributed by atoms with E-state index < -0.39 is 0 Å². The molecule has 0 fully saturated rings. The molecule has 6 heteroatoms.